The van der Waals surface area contributed by atoms with Gasteiger partial charge in [-0.3, -0.25) is 9.59 Å². The molecule has 0 spiro atoms. The van der Waals surface area contributed by atoms with E-state index in [9.17, 15) is 14.0 Å². The van der Waals surface area contributed by atoms with Gasteiger partial charge in [0.05, 0.1) is 11.3 Å². The maximum atomic E-state index is 13.2. The molecule has 1 aromatic carbocycles. The molecule has 1 aromatic rings. The van der Waals surface area contributed by atoms with Crippen molar-refractivity contribution in [2.45, 2.75) is 38.1 Å². The Labute approximate surface area is 117 Å². The number of carboxylic acids is 1. The van der Waals surface area contributed by atoms with Crippen LogP contribution in [-0.2, 0) is 15.0 Å². The summed E-state index contributed by atoms with van der Waals surface area (Å²) >= 11 is 0. The third-order valence-electron chi connectivity index (χ3n) is 3.94. The van der Waals surface area contributed by atoms with Gasteiger partial charge in [-0.1, -0.05) is 12.1 Å². The monoisotopic (exact) mass is 279 g/mol. The molecule has 1 saturated carbocycles. The average Bonchev–Trinajstić information content (AvgIpc) is 2.32. The number of hydrogen-bond donors (Lipinski definition) is 2. The van der Waals surface area contributed by atoms with Crippen molar-refractivity contribution in [3.63, 3.8) is 0 Å². The summed E-state index contributed by atoms with van der Waals surface area (Å²) in [4.78, 5) is 23.0. The van der Waals surface area contributed by atoms with Gasteiger partial charge in [-0.05, 0) is 44.4 Å². The maximum absolute atomic E-state index is 13.2. The Hall–Kier alpha value is -1.91. The average molecular weight is 279 g/mol. The third kappa shape index (κ3) is 2.81. The molecule has 0 unspecified atom stereocenters. The van der Waals surface area contributed by atoms with Gasteiger partial charge in [0.2, 0.25) is 5.91 Å². The van der Waals surface area contributed by atoms with Crippen LogP contribution in [0.2, 0.25) is 0 Å². The number of halogens is 1. The number of nitrogens with one attached hydrogen (secondary N) is 1. The number of carboxylic acid groups (broad SMARTS) is 1. The van der Waals surface area contributed by atoms with Crippen LogP contribution in [0.4, 0.5) is 4.39 Å². The summed E-state index contributed by atoms with van der Waals surface area (Å²) in [5.41, 5.74) is -0.250. The second-order valence-corrected chi connectivity index (χ2v) is 5.81. The fourth-order valence-corrected chi connectivity index (χ4v) is 2.31. The van der Waals surface area contributed by atoms with Crippen LogP contribution < -0.4 is 5.32 Å². The van der Waals surface area contributed by atoms with Crippen LogP contribution >= 0.6 is 0 Å². The summed E-state index contributed by atoms with van der Waals surface area (Å²) in [5, 5.41) is 11.6. The Morgan fingerprint density at radius 1 is 1.35 bits per heavy atom. The molecule has 0 saturated heterocycles. The van der Waals surface area contributed by atoms with E-state index < -0.39 is 11.4 Å². The lowest BCUT2D eigenvalue weighted by atomic mass is 9.78. The topological polar surface area (TPSA) is 66.4 Å². The van der Waals surface area contributed by atoms with Gasteiger partial charge in [0.15, 0.2) is 0 Å². The van der Waals surface area contributed by atoms with Crippen molar-refractivity contribution in [2.75, 3.05) is 0 Å². The largest absolute Gasteiger partial charge is 0.481 e. The van der Waals surface area contributed by atoms with Crippen molar-refractivity contribution in [2.24, 2.45) is 5.92 Å². The highest BCUT2D eigenvalue weighted by atomic mass is 19.1. The second-order valence-electron chi connectivity index (χ2n) is 5.81. The van der Waals surface area contributed by atoms with Crippen LogP contribution in [0, 0.1) is 11.7 Å². The van der Waals surface area contributed by atoms with Crippen LogP contribution in [0.1, 0.15) is 32.3 Å². The highest BCUT2D eigenvalue weighted by Gasteiger charge is 2.38. The van der Waals surface area contributed by atoms with E-state index in [0.29, 0.717) is 18.4 Å². The van der Waals surface area contributed by atoms with Crippen LogP contribution in [0.3, 0.4) is 0 Å². The molecule has 5 heteroatoms. The molecule has 1 fully saturated rings. The number of aliphatic carboxylic acids is 1. The van der Waals surface area contributed by atoms with Gasteiger partial charge in [0, 0.05) is 6.04 Å². The first kappa shape index (κ1) is 14.5. The predicted molar refractivity (Wildman–Crippen MR) is 71.7 cm³/mol. The zero-order chi connectivity index (χ0) is 14.9. The number of benzene rings is 1. The molecule has 108 valence electrons. The van der Waals surface area contributed by atoms with Crippen molar-refractivity contribution in [1.82, 2.24) is 5.32 Å². The quantitative estimate of drug-likeness (QED) is 0.886. The molecule has 1 amide bonds. The molecular weight excluding hydrogens is 261 g/mol. The molecular formula is C15H18FNO3. The van der Waals surface area contributed by atoms with Crippen LogP contribution in [0.25, 0.3) is 0 Å². The number of amides is 1. The summed E-state index contributed by atoms with van der Waals surface area (Å²) in [5.74, 6) is -1.77. The van der Waals surface area contributed by atoms with Crippen LogP contribution in [0.15, 0.2) is 24.3 Å². The fourth-order valence-electron chi connectivity index (χ4n) is 2.31. The van der Waals surface area contributed by atoms with E-state index in [1.807, 2.05) is 0 Å². The molecule has 2 N–H and O–H groups in total. The molecule has 0 bridgehead atoms. The van der Waals surface area contributed by atoms with Crippen molar-refractivity contribution in [3.8, 4) is 0 Å². The first-order valence-electron chi connectivity index (χ1n) is 6.60. The van der Waals surface area contributed by atoms with Gasteiger partial charge >= 0.3 is 5.97 Å². The normalized spacial score (nSPS) is 21.9. The smallest absolute Gasteiger partial charge is 0.306 e. The fraction of sp³-hybridized carbons (Fsp3) is 0.467. The van der Waals surface area contributed by atoms with Gasteiger partial charge in [-0.15, -0.1) is 0 Å². The molecule has 0 atom stereocenters. The van der Waals surface area contributed by atoms with Gasteiger partial charge in [0.1, 0.15) is 5.82 Å². The van der Waals surface area contributed by atoms with E-state index in [4.69, 9.17) is 5.11 Å². The van der Waals surface area contributed by atoms with Crippen LogP contribution in [-0.4, -0.2) is 23.0 Å². The minimum Gasteiger partial charge on any atom is -0.481 e. The predicted octanol–water partition coefficient (Wildman–Crippen LogP) is 2.08. The van der Waals surface area contributed by atoms with Gasteiger partial charge < -0.3 is 10.4 Å². The summed E-state index contributed by atoms with van der Waals surface area (Å²) < 4.78 is 13.2. The third-order valence-corrected chi connectivity index (χ3v) is 3.94. The zero-order valence-corrected chi connectivity index (χ0v) is 11.5. The molecule has 1 aliphatic rings. The molecule has 2 rings (SSSR count). The van der Waals surface area contributed by atoms with Crippen molar-refractivity contribution < 1.29 is 19.1 Å². The Morgan fingerprint density at radius 3 is 2.55 bits per heavy atom. The van der Waals surface area contributed by atoms with Crippen molar-refractivity contribution >= 4 is 11.9 Å². The molecule has 0 heterocycles. The van der Waals surface area contributed by atoms with Crippen LogP contribution in [0.5, 0.6) is 0 Å². The molecule has 0 aromatic heterocycles. The minimum absolute atomic E-state index is 0.101. The van der Waals surface area contributed by atoms with Gasteiger partial charge in [-0.25, -0.2) is 4.39 Å². The SMILES string of the molecule is CC(C)(C(=O)NC1CC(C(=O)O)C1)c1cccc(F)c1. The number of hydrogen-bond acceptors (Lipinski definition) is 2. The lowest BCUT2D eigenvalue weighted by molar-refractivity contribution is -0.146. The lowest BCUT2D eigenvalue weighted by Gasteiger charge is -2.35. The molecule has 1 aliphatic carbocycles. The maximum Gasteiger partial charge on any atom is 0.306 e. The zero-order valence-electron chi connectivity index (χ0n) is 11.5. The highest BCUT2D eigenvalue weighted by molar-refractivity contribution is 5.87. The van der Waals surface area contributed by atoms with E-state index in [0.717, 1.165) is 0 Å². The highest BCUT2D eigenvalue weighted by Crippen LogP contribution is 2.30. The summed E-state index contributed by atoms with van der Waals surface area (Å²) in [6.07, 6.45) is 0.917. The summed E-state index contributed by atoms with van der Waals surface area (Å²) in [7, 11) is 0. The standard InChI is InChI=1S/C15H18FNO3/c1-15(2,10-4-3-5-11(16)8-10)14(20)17-12-6-9(7-12)13(18)19/h3-5,8-9,12H,6-7H2,1-2H3,(H,17,20)(H,18,19). The Morgan fingerprint density at radius 2 is 2.00 bits per heavy atom. The molecule has 4 nitrogen and oxygen atoms in total. The van der Waals surface area contributed by atoms with Gasteiger partial charge in [-0.2, -0.15) is 0 Å². The number of rotatable bonds is 4. The van der Waals surface area contributed by atoms with E-state index >= 15 is 0 Å². The first-order valence-corrected chi connectivity index (χ1v) is 6.60. The number of carbonyl (C=O) groups excluding carboxylic acids is 1. The Balaban J connectivity index is 2.00. The van der Waals surface area contributed by atoms with Gasteiger partial charge in [0.25, 0.3) is 0 Å². The summed E-state index contributed by atoms with van der Waals surface area (Å²) in [6.45, 7) is 3.45. The van der Waals surface area contributed by atoms with E-state index in [-0.39, 0.29) is 23.7 Å². The number of carbonyl (C=O) groups is 2. The van der Waals surface area contributed by atoms with E-state index in [1.165, 1.54) is 12.1 Å². The second kappa shape index (κ2) is 5.23. The first-order chi connectivity index (χ1) is 9.30. The Bertz CT molecular complexity index is 536. The minimum atomic E-state index is -0.851. The lowest BCUT2D eigenvalue weighted by Crippen LogP contribution is -2.51. The van der Waals surface area contributed by atoms with E-state index in [2.05, 4.69) is 5.32 Å². The van der Waals surface area contributed by atoms with Crippen molar-refractivity contribution in [3.05, 3.63) is 35.6 Å². The summed E-state index contributed by atoms with van der Waals surface area (Å²) in [6, 6.07) is 5.87. The van der Waals surface area contributed by atoms with E-state index in [1.54, 1.807) is 26.0 Å². The molecule has 0 aliphatic heterocycles. The Kier molecular flexibility index (Phi) is 3.79. The molecule has 20 heavy (non-hydrogen) atoms. The molecule has 0 radical (unpaired) electrons. The van der Waals surface area contributed by atoms with Crippen molar-refractivity contribution in [1.29, 1.82) is 0 Å².